The fourth-order valence-electron chi connectivity index (χ4n) is 9.45. The van der Waals surface area contributed by atoms with E-state index >= 15 is 0 Å². The van der Waals surface area contributed by atoms with Crippen LogP contribution in [0.2, 0.25) is 0 Å². The van der Waals surface area contributed by atoms with Crippen LogP contribution in [0.1, 0.15) is 43.9 Å². The first-order chi connectivity index (χ1) is 30.5. The molecule has 0 N–H and O–H groups in total. The SMILES string of the molecule is C.C=C(c1ccccc1)C(C)/C=C\C/C(=C1/C=CC=CC1)c1ccc2c(C)c3ccccc3c(-c3cc4ccccc4c4ccccc34)c2c1.c1ccc2c(c1)ccc1sccc12. The molecule has 306 valence electrons. The molecule has 1 aliphatic carbocycles. The summed E-state index contributed by atoms with van der Waals surface area (Å²) >= 11 is 1.80. The lowest BCUT2D eigenvalue weighted by Crippen LogP contribution is -1.96. The maximum Gasteiger partial charge on any atom is 0.0349 e. The quantitative estimate of drug-likeness (QED) is 0.0853. The Bertz CT molecular complexity index is 3440. The molecule has 1 heterocycles. The smallest absolute Gasteiger partial charge is 0.0349 e. The van der Waals surface area contributed by atoms with Gasteiger partial charge in [-0.05, 0) is 154 Å². The predicted octanol–water partition coefficient (Wildman–Crippen LogP) is 18.5. The molecule has 1 atom stereocenters. The van der Waals surface area contributed by atoms with Crippen molar-refractivity contribution in [2.75, 3.05) is 0 Å². The molecule has 0 fully saturated rings. The monoisotopic (exact) mass is 828 g/mol. The van der Waals surface area contributed by atoms with Crippen LogP contribution in [0, 0.1) is 12.8 Å². The normalized spacial score (nSPS) is 13.7. The van der Waals surface area contributed by atoms with Gasteiger partial charge in [0.2, 0.25) is 0 Å². The molecule has 0 saturated carbocycles. The first-order valence-electron chi connectivity index (χ1n) is 21.7. The number of hydrogen-bond donors (Lipinski definition) is 0. The summed E-state index contributed by atoms with van der Waals surface area (Å²) in [5, 5.41) is 16.6. The van der Waals surface area contributed by atoms with E-state index in [1.165, 1.54) is 103 Å². The Hall–Kier alpha value is -7.06. The van der Waals surface area contributed by atoms with Crippen molar-refractivity contribution in [2.45, 2.75) is 34.1 Å². The van der Waals surface area contributed by atoms with Crippen LogP contribution in [-0.4, -0.2) is 0 Å². The van der Waals surface area contributed by atoms with Crippen molar-refractivity contribution in [1.82, 2.24) is 0 Å². The molecular formula is C62H52S. The Morgan fingerprint density at radius 2 is 1.24 bits per heavy atom. The van der Waals surface area contributed by atoms with E-state index in [0.29, 0.717) is 0 Å². The summed E-state index contributed by atoms with van der Waals surface area (Å²) in [5.74, 6) is 0.244. The number of hydrogen-bond acceptors (Lipinski definition) is 1. The first kappa shape index (κ1) is 41.3. The summed E-state index contributed by atoms with van der Waals surface area (Å²) in [6.45, 7) is 8.96. The van der Waals surface area contributed by atoms with Crippen LogP contribution in [-0.2, 0) is 0 Å². The van der Waals surface area contributed by atoms with E-state index in [2.05, 4.69) is 232 Å². The van der Waals surface area contributed by atoms with Gasteiger partial charge in [-0.15, -0.1) is 11.3 Å². The molecule has 1 heteroatoms. The molecule has 63 heavy (non-hydrogen) atoms. The van der Waals surface area contributed by atoms with E-state index in [-0.39, 0.29) is 13.3 Å². The molecule has 1 aromatic heterocycles. The molecule has 0 aliphatic heterocycles. The molecular weight excluding hydrogens is 777 g/mol. The zero-order valence-corrected chi connectivity index (χ0v) is 36.1. The minimum absolute atomic E-state index is 0. The number of thiophene rings is 1. The van der Waals surface area contributed by atoms with E-state index in [9.17, 15) is 0 Å². The molecule has 0 saturated heterocycles. The molecule has 0 spiro atoms. The summed E-state index contributed by atoms with van der Waals surface area (Å²) in [7, 11) is 0. The fraction of sp³-hybridized carbons (Fsp3) is 0.0968. The average molecular weight is 829 g/mol. The van der Waals surface area contributed by atoms with Crippen LogP contribution in [0.25, 0.3) is 86.2 Å². The lowest BCUT2D eigenvalue weighted by molar-refractivity contribution is 0.961. The van der Waals surface area contributed by atoms with Gasteiger partial charge in [0.1, 0.15) is 0 Å². The third kappa shape index (κ3) is 7.98. The molecule has 0 amide bonds. The molecule has 0 radical (unpaired) electrons. The number of benzene rings is 9. The number of aryl methyl sites for hydroxylation is 1. The van der Waals surface area contributed by atoms with Gasteiger partial charge < -0.3 is 0 Å². The van der Waals surface area contributed by atoms with Gasteiger partial charge in [-0.1, -0.05) is 203 Å². The van der Waals surface area contributed by atoms with Crippen molar-refractivity contribution in [2.24, 2.45) is 5.92 Å². The maximum absolute atomic E-state index is 4.43. The predicted molar refractivity (Wildman–Crippen MR) is 281 cm³/mol. The highest BCUT2D eigenvalue weighted by molar-refractivity contribution is 7.17. The highest BCUT2D eigenvalue weighted by Crippen LogP contribution is 2.45. The number of allylic oxidation sites excluding steroid dienone is 9. The Labute approximate surface area is 376 Å². The summed E-state index contributed by atoms with van der Waals surface area (Å²) < 4.78 is 1.37. The Kier molecular flexibility index (Phi) is 11.9. The standard InChI is InChI=1S/C49H40.C12H8S.CH4/c1-33(34(2)36-18-6-4-7-19-36)17-16-28-42(37-20-8-5-9-21-37)39-29-30-41-35(3)40-23-12-15-27-46(40)49(47(41)32-39)48-31-38-22-10-11-24-43(38)44-25-13-14-26-45(44)48;1-2-4-10-9(3-1)5-6-12-11(10)7-8-13-12;/h4-20,22-27,29-33H,2,21,28H2,1,3H3;1-8H;1H4/b17-16-,42-37+;;. The van der Waals surface area contributed by atoms with Crippen LogP contribution in [0.4, 0.5) is 0 Å². The van der Waals surface area contributed by atoms with E-state index in [0.717, 1.165) is 18.4 Å². The zero-order chi connectivity index (χ0) is 42.0. The van der Waals surface area contributed by atoms with Gasteiger partial charge in [0.15, 0.2) is 0 Å². The largest absolute Gasteiger partial charge is 0.144 e. The van der Waals surface area contributed by atoms with Gasteiger partial charge in [0, 0.05) is 10.1 Å². The van der Waals surface area contributed by atoms with Gasteiger partial charge in [-0.25, -0.2) is 0 Å². The van der Waals surface area contributed by atoms with Gasteiger partial charge in [-0.3, -0.25) is 0 Å². The lowest BCUT2D eigenvalue weighted by Gasteiger charge is -2.20. The molecule has 11 rings (SSSR count). The molecule has 0 nitrogen and oxygen atoms in total. The van der Waals surface area contributed by atoms with Crippen molar-refractivity contribution in [3.8, 4) is 11.1 Å². The lowest BCUT2D eigenvalue weighted by atomic mass is 9.84. The van der Waals surface area contributed by atoms with Gasteiger partial charge >= 0.3 is 0 Å². The molecule has 10 aromatic rings. The van der Waals surface area contributed by atoms with E-state index in [4.69, 9.17) is 0 Å². The maximum atomic E-state index is 4.43. The minimum Gasteiger partial charge on any atom is -0.144 e. The minimum atomic E-state index is 0. The van der Waals surface area contributed by atoms with Gasteiger partial charge in [0.05, 0.1) is 0 Å². The molecule has 1 aliphatic rings. The highest BCUT2D eigenvalue weighted by atomic mass is 32.1. The van der Waals surface area contributed by atoms with Crippen LogP contribution >= 0.6 is 11.3 Å². The molecule has 0 bridgehead atoms. The summed E-state index contributed by atoms with van der Waals surface area (Å²) in [4.78, 5) is 0. The summed E-state index contributed by atoms with van der Waals surface area (Å²) in [6.07, 6.45) is 15.3. The Morgan fingerprint density at radius 3 is 2.00 bits per heavy atom. The van der Waals surface area contributed by atoms with Crippen LogP contribution in [0.15, 0.2) is 224 Å². The first-order valence-corrected chi connectivity index (χ1v) is 22.6. The Balaban J connectivity index is 0.000000305. The van der Waals surface area contributed by atoms with Crippen molar-refractivity contribution in [3.63, 3.8) is 0 Å². The van der Waals surface area contributed by atoms with Crippen LogP contribution < -0.4 is 0 Å². The van der Waals surface area contributed by atoms with Gasteiger partial charge in [-0.2, -0.15) is 0 Å². The third-order valence-electron chi connectivity index (χ3n) is 12.8. The van der Waals surface area contributed by atoms with Gasteiger partial charge in [0.25, 0.3) is 0 Å². The second-order valence-electron chi connectivity index (χ2n) is 16.4. The zero-order valence-electron chi connectivity index (χ0n) is 35.3. The molecule has 1 unspecified atom stereocenters. The topological polar surface area (TPSA) is 0 Å². The van der Waals surface area contributed by atoms with E-state index in [1.807, 2.05) is 0 Å². The van der Waals surface area contributed by atoms with Crippen LogP contribution in [0.3, 0.4) is 0 Å². The second kappa shape index (κ2) is 18.1. The molecule has 9 aromatic carbocycles. The van der Waals surface area contributed by atoms with E-state index in [1.54, 1.807) is 11.3 Å². The fourth-order valence-corrected chi connectivity index (χ4v) is 10.3. The number of rotatable bonds is 7. The highest BCUT2D eigenvalue weighted by Gasteiger charge is 2.19. The third-order valence-corrected chi connectivity index (χ3v) is 13.6. The van der Waals surface area contributed by atoms with Crippen LogP contribution in [0.5, 0.6) is 0 Å². The Morgan fingerprint density at radius 1 is 0.587 bits per heavy atom. The van der Waals surface area contributed by atoms with Crippen molar-refractivity contribution >= 4 is 86.4 Å². The van der Waals surface area contributed by atoms with Crippen molar-refractivity contribution in [3.05, 3.63) is 241 Å². The van der Waals surface area contributed by atoms with E-state index < -0.39 is 0 Å². The second-order valence-corrected chi connectivity index (χ2v) is 17.4. The van der Waals surface area contributed by atoms with Crippen molar-refractivity contribution < 1.29 is 0 Å². The summed E-state index contributed by atoms with van der Waals surface area (Å²) in [6, 6.07) is 61.9. The average Bonchev–Trinajstić information content (AvgIpc) is 3.83. The summed E-state index contributed by atoms with van der Waals surface area (Å²) in [5.41, 5.74) is 10.3. The number of fused-ring (bicyclic) bond motifs is 8. The van der Waals surface area contributed by atoms with Crippen molar-refractivity contribution in [1.29, 1.82) is 0 Å².